The molecule has 1 aliphatic rings. The monoisotopic (exact) mass is 182 g/mol. The fourth-order valence-electron chi connectivity index (χ4n) is 2.14. The van der Waals surface area contributed by atoms with Crippen molar-refractivity contribution in [1.29, 1.82) is 0 Å². The Kier molecular flexibility index (Phi) is 3.12. The van der Waals surface area contributed by atoms with E-state index in [2.05, 4.69) is 6.92 Å². The summed E-state index contributed by atoms with van der Waals surface area (Å²) in [6.45, 7) is 5.99. The van der Waals surface area contributed by atoms with Gasteiger partial charge in [0.05, 0.1) is 5.76 Å². The van der Waals surface area contributed by atoms with E-state index in [0.717, 1.165) is 6.42 Å². The average molecular weight is 182 g/mol. The number of aliphatic hydroxyl groups excluding tert-OH is 1. The summed E-state index contributed by atoms with van der Waals surface area (Å²) in [5.41, 5.74) is 0.681. The molecule has 0 aromatic carbocycles. The van der Waals surface area contributed by atoms with Gasteiger partial charge in [-0.25, -0.2) is 0 Å². The molecule has 0 radical (unpaired) electrons. The van der Waals surface area contributed by atoms with Gasteiger partial charge in [0, 0.05) is 18.4 Å². The number of carbonyl (C=O) groups is 1. The maximum atomic E-state index is 11.6. The molecular weight excluding hydrogens is 164 g/mol. The van der Waals surface area contributed by atoms with E-state index in [9.17, 15) is 9.90 Å². The number of carbonyl (C=O) groups excluding carboxylic acids is 1. The predicted molar refractivity (Wildman–Crippen MR) is 52.5 cm³/mol. The standard InChI is InChI=1S/C11H18O2/c1-4-9(12)11-8(3)5-7(2)6-10(11)13/h7-8,12H,4-6H2,1-3H3. The van der Waals surface area contributed by atoms with Gasteiger partial charge >= 0.3 is 0 Å². The van der Waals surface area contributed by atoms with Gasteiger partial charge in [-0.2, -0.15) is 0 Å². The van der Waals surface area contributed by atoms with Crippen LogP contribution in [-0.2, 0) is 4.79 Å². The molecule has 2 heteroatoms. The molecule has 2 unspecified atom stereocenters. The lowest BCUT2D eigenvalue weighted by Gasteiger charge is -2.26. The highest BCUT2D eigenvalue weighted by Gasteiger charge is 2.28. The lowest BCUT2D eigenvalue weighted by atomic mass is 9.78. The van der Waals surface area contributed by atoms with Gasteiger partial charge in [0.25, 0.3) is 0 Å². The van der Waals surface area contributed by atoms with E-state index in [1.165, 1.54) is 0 Å². The second kappa shape index (κ2) is 3.95. The molecule has 1 fully saturated rings. The first-order valence-electron chi connectivity index (χ1n) is 5.01. The normalized spacial score (nSPS) is 33.3. The van der Waals surface area contributed by atoms with Crippen LogP contribution in [-0.4, -0.2) is 10.9 Å². The maximum Gasteiger partial charge on any atom is 0.162 e. The van der Waals surface area contributed by atoms with Gasteiger partial charge in [0.15, 0.2) is 5.78 Å². The molecule has 0 amide bonds. The summed E-state index contributed by atoms with van der Waals surface area (Å²) in [6, 6.07) is 0. The van der Waals surface area contributed by atoms with Gasteiger partial charge in [-0.15, -0.1) is 0 Å². The van der Waals surface area contributed by atoms with Crippen LogP contribution in [0.25, 0.3) is 0 Å². The summed E-state index contributed by atoms with van der Waals surface area (Å²) in [7, 11) is 0. The molecule has 1 saturated carbocycles. The third-order valence-corrected chi connectivity index (χ3v) is 2.73. The number of ketones is 1. The summed E-state index contributed by atoms with van der Waals surface area (Å²) in [5.74, 6) is 1.14. The van der Waals surface area contributed by atoms with Crippen LogP contribution in [0.3, 0.4) is 0 Å². The van der Waals surface area contributed by atoms with Crippen LogP contribution < -0.4 is 0 Å². The summed E-state index contributed by atoms with van der Waals surface area (Å²) >= 11 is 0. The molecule has 1 rings (SSSR count). The van der Waals surface area contributed by atoms with E-state index in [4.69, 9.17) is 0 Å². The molecule has 0 aromatic heterocycles. The zero-order chi connectivity index (χ0) is 10.0. The summed E-state index contributed by atoms with van der Waals surface area (Å²) < 4.78 is 0. The van der Waals surface area contributed by atoms with Crippen LogP contribution in [0.15, 0.2) is 11.3 Å². The Bertz CT molecular complexity index is 240. The van der Waals surface area contributed by atoms with Crippen LogP contribution in [0.5, 0.6) is 0 Å². The fourth-order valence-corrected chi connectivity index (χ4v) is 2.14. The van der Waals surface area contributed by atoms with E-state index >= 15 is 0 Å². The minimum Gasteiger partial charge on any atom is -0.512 e. The van der Waals surface area contributed by atoms with Crippen molar-refractivity contribution in [3.8, 4) is 0 Å². The quantitative estimate of drug-likeness (QED) is 0.500. The van der Waals surface area contributed by atoms with E-state index in [-0.39, 0.29) is 11.7 Å². The highest BCUT2D eigenvalue weighted by molar-refractivity contribution is 5.97. The van der Waals surface area contributed by atoms with Crippen LogP contribution in [0, 0.1) is 11.8 Å². The van der Waals surface area contributed by atoms with Crippen molar-refractivity contribution < 1.29 is 9.90 Å². The number of Topliss-reactive ketones (excluding diaryl/α,β-unsaturated/α-hetero) is 1. The summed E-state index contributed by atoms with van der Waals surface area (Å²) in [5, 5.41) is 9.57. The minimum absolute atomic E-state index is 0.144. The highest BCUT2D eigenvalue weighted by atomic mass is 16.3. The van der Waals surface area contributed by atoms with Crippen molar-refractivity contribution >= 4 is 5.78 Å². The number of hydrogen-bond donors (Lipinski definition) is 1. The number of hydrogen-bond acceptors (Lipinski definition) is 2. The SMILES string of the molecule is CCC(O)=C1C(=O)CC(C)CC1C. The minimum atomic E-state index is 0.144. The van der Waals surface area contributed by atoms with Gasteiger partial charge in [-0.05, 0) is 18.3 Å². The Labute approximate surface area is 79.6 Å². The first-order valence-corrected chi connectivity index (χ1v) is 5.01. The number of allylic oxidation sites excluding steroid dienone is 2. The molecule has 0 bridgehead atoms. The van der Waals surface area contributed by atoms with E-state index in [1.54, 1.807) is 0 Å². The molecule has 0 aromatic rings. The lowest BCUT2D eigenvalue weighted by molar-refractivity contribution is -0.118. The lowest BCUT2D eigenvalue weighted by Crippen LogP contribution is -2.24. The molecule has 13 heavy (non-hydrogen) atoms. The van der Waals surface area contributed by atoms with Crippen LogP contribution in [0.1, 0.15) is 40.0 Å². The fraction of sp³-hybridized carbons (Fsp3) is 0.727. The second-order valence-corrected chi connectivity index (χ2v) is 4.08. The predicted octanol–water partition coefficient (Wildman–Crippen LogP) is 2.84. The topological polar surface area (TPSA) is 37.3 Å². The molecule has 0 heterocycles. The molecular formula is C11H18O2. The smallest absolute Gasteiger partial charge is 0.162 e. The number of aliphatic hydroxyl groups is 1. The Hall–Kier alpha value is -0.790. The molecule has 74 valence electrons. The van der Waals surface area contributed by atoms with Crippen molar-refractivity contribution in [2.24, 2.45) is 11.8 Å². The maximum absolute atomic E-state index is 11.6. The average Bonchev–Trinajstić information content (AvgIpc) is 2.02. The van der Waals surface area contributed by atoms with Crippen LogP contribution >= 0.6 is 0 Å². The van der Waals surface area contributed by atoms with E-state index < -0.39 is 0 Å². The van der Waals surface area contributed by atoms with Crippen molar-refractivity contribution in [3.63, 3.8) is 0 Å². The third-order valence-electron chi connectivity index (χ3n) is 2.73. The van der Waals surface area contributed by atoms with Crippen molar-refractivity contribution in [3.05, 3.63) is 11.3 Å². The molecule has 0 aliphatic heterocycles. The highest BCUT2D eigenvalue weighted by Crippen LogP contribution is 2.32. The van der Waals surface area contributed by atoms with Gasteiger partial charge in [0.1, 0.15) is 0 Å². The van der Waals surface area contributed by atoms with E-state index in [0.29, 0.717) is 30.1 Å². The Morgan fingerprint density at radius 3 is 2.62 bits per heavy atom. The van der Waals surface area contributed by atoms with Crippen molar-refractivity contribution in [2.75, 3.05) is 0 Å². The van der Waals surface area contributed by atoms with Gasteiger partial charge in [-0.3, -0.25) is 4.79 Å². The van der Waals surface area contributed by atoms with Gasteiger partial charge in [-0.1, -0.05) is 20.8 Å². The summed E-state index contributed by atoms with van der Waals surface area (Å²) in [4.78, 5) is 11.6. The Morgan fingerprint density at radius 2 is 2.15 bits per heavy atom. The zero-order valence-corrected chi connectivity index (χ0v) is 8.63. The molecule has 1 N–H and O–H groups in total. The second-order valence-electron chi connectivity index (χ2n) is 4.08. The van der Waals surface area contributed by atoms with Crippen LogP contribution in [0.2, 0.25) is 0 Å². The zero-order valence-electron chi connectivity index (χ0n) is 8.63. The largest absolute Gasteiger partial charge is 0.512 e. The van der Waals surface area contributed by atoms with Crippen molar-refractivity contribution in [1.82, 2.24) is 0 Å². The molecule has 1 aliphatic carbocycles. The van der Waals surface area contributed by atoms with Crippen molar-refractivity contribution in [2.45, 2.75) is 40.0 Å². The molecule has 2 atom stereocenters. The van der Waals surface area contributed by atoms with Gasteiger partial charge in [0.2, 0.25) is 0 Å². The van der Waals surface area contributed by atoms with Gasteiger partial charge < -0.3 is 5.11 Å². The molecule has 0 saturated heterocycles. The first kappa shape index (κ1) is 10.3. The number of rotatable bonds is 1. The Morgan fingerprint density at radius 1 is 1.54 bits per heavy atom. The first-order chi connectivity index (χ1) is 6.06. The van der Waals surface area contributed by atoms with Crippen LogP contribution in [0.4, 0.5) is 0 Å². The Balaban J connectivity index is 2.91. The molecule has 2 nitrogen and oxygen atoms in total. The third kappa shape index (κ3) is 2.11. The molecule has 0 spiro atoms. The summed E-state index contributed by atoms with van der Waals surface area (Å²) in [6.07, 6.45) is 2.19. The van der Waals surface area contributed by atoms with E-state index in [1.807, 2.05) is 13.8 Å².